The highest BCUT2D eigenvalue weighted by Crippen LogP contribution is 2.40. The van der Waals surface area contributed by atoms with Crippen LogP contribution in [-0.4, -0.2) is 71.6 Å². The number of amides is 2. The van der Waals surface area contributed by atoms with Gasteiger partial charge in [-0.25, -0.2) is 18.7 Å². The largest absolute Gasteiger partial charge is 0.543 e. The number of carboxylic acid groups (broad SMARTS) is 2. The predicted octanol–water partition coefficient (Wildman–Crippen LogP) is -0.393. The molecule has 0 saturated carbocycles. The molecule has 2 aliphatic rings. The summed E-state index contributed by atoms with van der Waals surface area (Å²) in [5.41, 5.74) is 4.50. The molecule has 2 aliphatic heterocycles. The summed E-state index contributed by atoms with van der Waals surface area (Å²) >= 11 is 8.35. The molecule has 2 amide bonds. The topological polar surface area (TPSA) is 196 Å². The second kappa shape index (κ2) is 10.7. The van der Waals surface area contributed by atoms with Crippen LogP contribution in [0.25, 0.3) is 5.65 Å². The van der Waals surface area contributed by atoms with Gasteiger partial charge in [-0.2, -0.15) is 0 Å². The van der Waals surface area contributed by atoms with E-state index in [1.807, 2.05) is 4.57 Å². The van der Waals surface area contributed by atoms with E-state index in [1.54, 1.807) is 35.1 Å². The van der Waals surface area contributed by atoms with Crippen LogP contribution in [0.3, 0.4) is 0 Å². The zero-order chi connectivity index (χ0) is 29.6. The van der Waals surface area contributed by atoms with Gasteiger partial charge in [0.05, 0.1) is 16.7 Å². The zero-order valence-electron chi connectivity index (χ0n) is 21.4. The van der Waals surface area contributed by atoms with Crippen molar-refractivity contribution in [1.82, 2.24) is 19.6 Å². The quantitative estimate of drug-likeness (QED) is 0.123. The first-order chi connectivity index (χ1) is 19.4. The fourth-order valence-corrected chi connectivity index (χ4v) is 6.27. The standard InChI is InChI=1S/C24H22ClN7O7S2/c1-24(2,22(37)38)39-29-15(13-10-41-23(26)27-13)18(33)28-16-19(34)32-17(21(35)36)11(9-40-20(16)32)7-30-5-6-31-8-12(25)3-4-14(30)31/h3-6,8,10,16,20H,7,9H2,1-2H3,(H4-,26,27,28,33,35,36,37,38)/b29-15-/t16-,20-/m1/s1. The van der Waals surface area contributed by atoms with Gasteiger partial charge in [0.2, 0.25) is 5.60 Å². The van der Waals surface area contributed by atoms with Gasteiger partial charge in [0.25, 0.3) is 17.5 Å². The number of nitrogens with zero attached hydrogens (tertiary/aromatic N) is 5. The summed E-state index contributed by atoms with van der Waals surface area (Å²) < 4.78 is 3.61. The molecule has 214 valence electrons. The number of halogens is 1. The Balaban J connectivity index is 1.37. The van der Waals surface area contributed by atoms with Crippen LogP contribution in [0.4, 0.5) is 5.13 Å². The van der Waals surface area contributed by atoms with Gasteiger partial charge in [-0.3, -0.25) is 14.5 Å². The number of pyridine rings is 1. The van der Waals surface area contributed by atoms with Gasteiger partial charge in [0.15, 0.2) is 10.8 Å². The Morgan fingerprint density at radius 3 is 2.80 bits per heavy atom. The van der Waals surface area contributed by atoms with Gasteiger partial charge >= 0.3 is 5.97 Å². The highest BCUT2D eigenvalue weighted by Gasteiger charge is 2.53. The van der Waals surface area contributed by atoms with Gasteiger partial charge in [-0.05, 0) is 19.9 Å². The summed E-state index contributed by atoms with van der Waals surface area (Å²) in [7, 11) is 0. The number of imidazole rings is 1. The van der Waals surface area contributed by atoms with Crippen molar-refractivity contribution in [3.63, 3.8) is 0 Å². The molecule has 0 radical (unpaired) electrons. The summed E-state index contributed by atoms with van der Waals surface area (Å²) in [5.74, 6) is -4.12. The van der Waals surface area contributed by atoms with E-state index in [0.29, 0.717) is 10.6 Å². The third-order valence-corrected chi connectivity index (χ3v) is 8.61. The lowest BCUT2D eigenvalue weighted by Crippen LogP contribution is -2.71. The maximum Gasteiger partial charge on any atom is 0.350 e. The number of aliphatic carboxylic acids is 2. The average Bonchev–Trinajstić information content (AvgIpc) is 3.52. The molecule has 0 aliphatic carbocycles. The van der Waals surface area contributed by atoms with Gasteiger partial charge in [0.1, 0.15) is 42.2 Å². The molecule has 2 atom stereocenters. The number of β-lactam (4-membered cyclic amide) rings is 1. The van der Waals surface area contributed by atoms with E-state index < -0.39 is 46.5 Å². The third-order valence-electron chi connectivity index (χ3n) is 6.37. The molecule has 5 heterocycles. The van der Waals surface area contributed by atoms with Crippen molar-refractivity contribution in [2.75, 3.05) is 11.5 Å². The fourth-order valence-electron chi connectivity index (χ4n) is 4.22. The number of rotatable bonds is 9. The zero-order valence-corrected chi connectivity index (χ0v) is 23.8. The van der Waals surface area contributed by atoms with Crippen molar-refractivity contribution in [2.24, 2.45) is 5.16 Å². The molecule has 0 spiro atoms. The van der Waals surface area contributed by atoms with E-state index in [1.165, 1.54) is 31.0 Å². The normalized spacial score (nSPS) is 19.1. The van der Waals surface area contributed by atoms with Gasteiger partial charge < -0.3 is 30.9 Å². The Morgan fingerprint density at radius 2 is 2.15 bits per heavy atom. The maximum absolute atomic E-state index is 13.2. The lowest BCUT2D eigenvalue weighted by molar-refractivity contribution is -0.662. The SMILES string of the molecule is CC(C)(O/N=C(\C(=O)N[C@@H]1C(=O)N2C(C(=O)[O-])=C(C[n+]3ccn4cc(Cl)ccc43)CS[C@H]12)c1csc(N)n1)C(=O)O. The van der Waals surface area contributed by atoms with Crippen molar-refractivity contribution in [1.29, 1.82) is 0 Å². The monoisotopic (exact) mass is 619 g/mol. The molecular weight excluding hydrogens is 598 g/mol. The molecule has 3 aromatic heterocycles. The fraction of sp³-hybridized carbons (Fsp3) is 0.292. The number of carboxylic acids is 2. The second-order valence-corrected chi connectivity index (χ2v) is 12.0. The van der Waals surface area contributed by atoms with Crippen molar-refractivity contribution in [3.8, 4) is 0 Å². The molecule has 1 fully saturated rings. The van der Waals surface area contributed by atoms with E-state index in [4.69, 9.17) is 22.2 Å². The molecule has 41 heavy (non-hydrogen) atoms. The van der Waals surface area contributed by atoms with Crippen LogP contribution in [0.1, 0.15) is 19.5 Å². The minimum Gasteiger partial charge on any atom is -0.543 e. The molecule has 0 bridgehead atoms. The Morgan fingerprint density at radius 1 is 1.39 bits per heavy atom. The van der Waals surface area contributed by atoms with Crippen LogP contribution in [-0.2, 0) is 30.6 Å². The molecule has 1 saturated heterocycles. The third kappa shape index (κ3) is 5.32. The number of hydrogen-bond acceptors (Lipinski definition) is 11. The number of carbonyl (C=O) groups excluding carboxylic acids is 3. The molecule has 3 aromatic rings. The number of oxime groups is 1. The highest BCUT2D eigenvalue weighted by molar-refractivity contribution is 8.00. The first-order valence-electron chi connectivity index (χ1n) is 11.9. The molecular formula is C24H22ClN7O7S2. The van der Waals surface area contributed by atoms with Crippen molar-refractivity contribution < 1.29 is 38.8 Å². The van der Waals surface area contributed by atoms with E-state index in [2.05, 4.69) is 15.5 Å². The Labute approximate surface area is 245 Å². The number of fused-ring (bicyclic) bond motifs is 2. The van der Waals surface area contributed by atoms with Crippen LogP contribution in [0.15, 0.2) is 52.5 Å². The lowest BCUT2D eigenvalue weighted by atomic mass is 10.0. The summed E-state index contributed by atoms with van der Waals surface area (Å²) in [6.07, 6.45) is 5.25. The van der Waals surface area contributed by atoms with Crippen LogP contribution in [0.2, 0.25) is 5.02 Å². The van der Waals surface area contributed by atoms with Crippen LogP contribution < -0.4 is 20.7 Å². The molecule has 14 nitrogen and oxygen atoms in total. The van der Waals surface area contributed by atoms with Crippen LogP contribution in [0, 0.1) is 0 Å². The minimum absolute atomic E-state index is 0.0156. The number of thioether (sulfide) groups is 1. The summed E-state index contributed by atoms with van der Waals surface area (Å²) in [6.45, 7) is 2.66. The Kier molecular flexibility index (Phi) is 7.39. The molecule has 0 unspecified atom stereocenters. The smallest absolute Gasteiger partial charge is 0.350 e. The van der Waals surface area contributed by atoms with Crippen molar-refractivity contribution >= 4 is 74.9 Å². The Bertz CT molecular complexity index is 1660. The first kappa shape index (κ1) is 28.4. The number of nitrogen functional groups attached to an aromatic ring is 1. The average molecular weight is 620 g/mol. The second-order valence-electron chi connectivity index (χ2n) is 9.56. The summed E-state index contributed by atoms with van der Waals surface area (Å²) in [6, 6.07) is 2.41. The molecule has 17 heteroatoms. The van der Waals surface area contributed by atoms with Crippen LogP contribution >= 0.6 is 34.7 Å². The highest BCUT2D eigenvalue weighted by atomic mass is 35.5. The first-order valence-corrected chi connectivity index (χ1v) is 14.2. The molecule has 5 rings (SSSR count). The number of carbonyl (C=O) groups is 4. The van der Waals surface area contributed by atoms with E-state index in [9.17, 15) is 29.4 Å². The van der Waals surface area contributed by atoms with Crippen molar-refractivity contribution in [2.45, 2.75) is 37.4 Å². The summed E-state index contributed by atoms with van der Waals surface area (Å²) in [5, 5.41) is 29.1. The van der Waals surface area contributed by atoms with Gasteiger partial charge in [0, 0.05) is 22.8 Å². The van der Waals surface area contributed by atoms with Crippen molar-refractivity contribution in [3.05, 3.63) is 58.1 Å². The van der Waals surface area contributed by atoms with E-state index >= 15 is 0 Å². The number of thiazole rings is 1. The molecule has 4 N–H and O–H groups in total. The number of nitrogens with one attached hydrogen (secondary N) is 1. The minimum atomic E-state index is -1.77. The predicted molar refractivity (Wildman–Crippen MR) is 146 cm³/mol. The molecule has 0 aromatic carbocycles. The maximum atomic E-state index is 13.2. The number of anilines is 1. The Hall–Kier alpha value is -4.15. The van der Waals surface area contributed by atoms with Gasteiger partial charge in [-0.15, -0.1) is 23.1 Å². The van der Waals surface area contributed by atoms with Gasteiger partial charge in [-0.1, -0.05) is 16.8 Å². The number of nitrogens with two attached hydrogens (primary N) is 1. The van der Waals surface area contributed by atoms with Crippen LogP contribution in [0.5, 0.6) is 0 Å². The summed E-state index contributed by atoms with van der Waals surface area (Å²) in [4.78, 5) is 60.2. The number of hydrogen-bond donors (Lipinski definition) is 3. The lowest BCUT2D eigenvalue weighted by Gasteiger charge is -2.50. The number of aromatic nitrogens is 3. The van der Waals surface area contributed by atoms with E-state index in [-0.39, 0.29) is 28.8 Å². The van der Waals surface area contributed by atoms with E-state index in [0.717, 1.165) is 21.9 Å².